The van der Waals surface area contributed by atoms with Crippen LogP contribution in [0.4, 0.5) is 0 Å². The average molecular weight is 275 g/mol. The molecule has 20 heavy (non-hydrogen) atoms. The van der Waals surface area contributed by atoms with Crippen LogP contribution in [0.15, 0.2) is 36.4 Å². The maximum Gasteiger partial charge on any atom is 0.339 e. The van der Waals surface area contributed by atoms with Gasteiger partial charge in [-0.2, -0.15) is 0 Å². The van der Waals surface area contributed by atoms with Gasteiger partial charge >= 0.3 is 5.97 Å². The molecule has 1 aromatic carbocycles. The van der Waals surface area contributed by atoms with E-state index in [-0.39, 0.29) is 5.56 Å². The van der Waals surface area contributed by atoms with Gasteiger partial charge in [-0.05, 0) is 43.9 Å². The van der Waals surface area contributed by atoms with Gasteiger partial charge in [0.05, 0.1) is 0 Å². The minimum absolute atomic E-state index is 0.213. The number of benzene rings is 1. The van der Waals surface area contributed by atoms with Crippen molar-refractivity contribution < 1.29 is 14.6 Å². The highest BCUT2D eigenvalue weighted by atomic mass is 16.5. The topological polar surface area (TPSA) is 58.6 Å². The second-order valence-electron chi connectivity index (χ2n) is 5.00. The lowest BCUT2D eigenvalue weighted by atomic mass is 9.94. The van der Waals surface area contributed by atoms with E-state index in [2.05, 4.69) is 17.5 Å². The van der Waals surface area contributed by atoms with Crippen LogP contribution < -0.4 is 10.1 Å². The van der Waals surface area contributed by atoms with Crippen LogP contribution in [-0.4, -0.2) is 30.8 Å². The molecule has 0 bridgehead atoms. The summed E-state index contributed by atoms with van der Waals surface area (Å²) in [5.41, 5.74) is 0.213. The molecule has 1 aromatic rings. The first-order valence-corrected chi connectivity index (χ1v) is 7.08. The van der Waals surface area contributed by atoms with Crippen molar-refractivity contribution in [1.82, 2.24) is 5.32 Å². The zero-order chi connectivity index (χ0) is 14.2. The van der Waals surface area contributed by atoms with E-state index in [1.807, 2.05) is 0 Å². The predicted octanol–water partition coefficient (Wildman–Crippen LogP) is 2.71. The molecule has 0 amide bonds. The first-order valence-electron chi connectivity index (χ1n) is 7.08. The molecule has 1 aliphatic rings. The average Bonchev–Trinajstić information content (AvgIpc) is 2.48. The van der Waals surface area contributed by atoms with Crippen molar-refractivity contribution in [3.05, 3.63) is 42.0 Å². The molecule has 0 saturated heterocycles. The molecule has 0 radical (unpaired) electrons. The number of allylic oxidation sites excluding steroid dienone is 2. The van der Waals surface area contributed by atoms with Crippen LogP contribution in [0.3, 0.4) is 0 Å². The van der Waals surface area contributed by atoms with Gasteiger partial charge in [-0.25, -0.2) is 4.79 Å². The summed E-state index contributed by atoms with van der Waals surface area (Å²) in [5, 5.41) is 12.4. The maximum absolute atomic E-state index is 11.0. The third-order valence-electron chi connectivity index (χ3n) is 3.46. The lowest BCUT2D eigenvalue weighted by molar-refractivity contribution is 0.0692. The summed E-state index contributed by atoms with van der Waals surface area (Å²) in [6.45, 7) is 2.20. The fourth-order valence-corrected chi connectivity index (χ4v) is 2.35. The van der Waals surface area contributed by atoms with Crippen molar-refractivity contribution in [3.8, 4) is 5.75 Å². The molecule has 4 heteroatoms. The van der Waals surface area contributed by atoms with Crippen LogP contribution in [0.25, 0.3) is 0 Å². The van der Waals surface area contributed by atoms with Gasteiger partial charge in [0, 0.05) is 6.54 Å². The third kappa shape index (κ3) is 4.38. The highest BCUT2D eigenvalue weighted by Gasteiger charge is 2.10. The number of hydrogen-bond donors (Lipinski definition) is 2. The number of nitrogens with one attached hydrogen (secondary N) is 1. The molecule has 2 N–H and O–H groups in total. The Morgan fingerprint density at radius 3 is 2.95 bits per heavy atom. The first kappa shape index (κ1) is 14.6. The fraction of sp³-hybridized carbons (Fsp3) is 0.438. The van der Waals surface area contributed by atoms with Gasteiger partial charge < -0.3 is 15.2 Å². The molecule has 0 aromatic heterocycles. The van der Waals surface area contributed by atoms with Crippen molar-refractivity contribution >= 4 is 5.97 Å². The molecule has 0 fully saturated rings. The normalized spacial score (nSPS) is 17.9. The van der Waals surface area contributed by atoms with E-state index in [0.717, 1.165) is 19.5 Å². The summed E-state index contributed by atoms with van der Waals surface area (Å²) in [6.07, 6.45) is 8.05. The van der Waals surface area contributed by atoms with E-state index in [1.165, 1.54) is 12.8 Å². The molecule has 108 valence electrons. The summed E-state index contributed by atoms with van der Waals surface area (Å²) in [5.74, 6) is 0.191. The molecule has 4 nitrogen and oxygen atoms in total. The van der Waals surface area contributed by atoms with Crippen LogP contribution in [0, 0.1) is 5.92 Å². The zero-order valence-electron chi connectivity index (χ0n) is 11.5. The van der Waals surface area contributed by atoms with Crippen molar-refractivity contribution in [2.75, 3.05) is 19.7 Å². The highest BCUT2D eigenvalue weighted by molar-refractivity contribution is 5.90. The second kappa shape index (κ2) is 7.70. The summed E-state index contributed by atoms with van der Waals surface area (Å²) in [6, 6.07) is 6.73. The minimum Gasteiger partial charge on any atom is -0.491 e. The fourth-order valence-electron chi connectivity index (χ4n) is 2.35. The number of para-hydroxylation sites is 1. The van der Waals surface area contributed by atoms with E-state index in [0.29, 0.717) is 18.3 Å². The summed E-state index contributed by atoms with van der Waals surface area (Å²) < 4.78 is 5.53. The molecule has 0 spiro atoms. The van der Waals surface area contributed by atoms with Crippen molar-refractivity contribution in [2.24, 2.45) is 5.92 Å². The van der Waals surface area contributed by atoms with E-state index >= 15 is 0 Å². The van der Waals surface area contributed by atoms with Crippen LogP contribution in [0.5, 0.6) is 5.75 Å². The van der Waals surface area contributed by atoms with Crippen molar-refractivity contribution in [3.63, 3.8) is 0 Å². The van der Waals surface area contributed by atoms with Crippen LogP contribution >= 0.6 is 0 Å². The molecule has 1 unspecified atom stereocenters. The van der Waals surface area contributed by atoms with Gasteiger partial charge in [-0.3, -0.25) is 0 Å². The van der Waals surface area contributed by atoms with E-state index in [9.17, 15) is 4.79 Å². The van der Waals surface area contributed by atoms with E-state index < -0.39 is 5.97 Å². The molecular formula is C16H21NO3. The number of hydrogen-bond acceptors (Lipinski definition) is 3. The van der Waals surface area contributed by atoms with Crippen LogP contribution in [-0.2, 0) is 0 Å². The van der Waals surface area contributed by atoms with Gasteiger partial charge in [0.25, 0.3) is 0 Å². The van der Waals surface area contributed by atoms with Gasteiger partial charge in [0.2, 0.25) is 0 Å². The van der Waals surface area contributed by atoms with E-state index in [4.69, 9.17) is 9.84 Å². The molecule has 0 heterocycles. The monoisotopic (exact) mass is 275 g/mol. The Bertz CT molecular complexity index is 471. The molecular weight excluding hydrogens is 254 g/mol. The van der Waals surface area contributed by atoms with Gasteiger partial charge in [-0.1, -0.05) is 24.3 Å². The van der Waals surface area contributed by atoms with E-state index in [1.54, 1.807) is 24.3 Å². The number of carbonyl (C=O) groups is 1. The number of carboxylic acids is 1. The number of ether oxygens (including phenoxy) is 1. The van der Waals surface area contributed by atoms with Crippen LogP contribution in [0.2, 0.25) is 0 Å². The Morgan fingerprint density at radius 2 is 2.20 bits per heavy atom. The molecule has 0 saturated carbocycles. The van der Waals surface area contributed by atoms with Crippen molar-refractivity contribution in [2.45, 2.75) is 19.3 Å². The van der Waals surface area contributed by atoms with Crippen molar-refractivity contribution in [1.29, 1.82) is 0 Å². The Morgan fingerprint density at radius 1 is 1.35 bits per heavy atom. The third-order valence-corrected chi connectivity index (χ3v) is 3.46. The second-order valence-corrected chi connectivity index (χ2v) is 5.00. The SMILES string of the molecule is O=C(O)c1ccccc1OCCNCC1CC=CCC1. The number of carboxylic acid groups (broad SMARTS) is 1. The molecule has 1 aliphatic carbocycles. The Labute approximate surface area is 119 Å². The maximum atomic E-state index is 11.0. The van der Waals surface area contributed by atoms with Gasteiger partial charge in [0.15, 0.2) is 0 Å². The molecule has 1 atom stereocenters. The lowest BCUT2D eigenvalue weighted by Crippen LogP contribution is -2.27. The Balaban J connectivity index is 1.68. The predicted molar refractivity (Wildman–Crippen MR) is 78.2 cm³/mol. The van der Waals surface area contributed by atoms with Gasteiger partial charge in [0.1, 0.15) is 17.9 Å². The largest absolute Gasteiger partial charge is 0.491 e. The number of rotatable bonds is 7. The Kier molecular flexibility index (Phi) is 5.62. The summed E-state index contributed by atoms with van der Waals surface area (Å²) >= 11 is 0. The Hall–Kier alpha value is -1.81. The lowest BCUT2D eigenvalue weighted by Gasteiger charge is -2.18. The highest BCUT2D eigenvalue weighted by Crippen LogP contribution is 2.18. The zero-order valence-corrected chi connectivity index (χ0v) is 11.5. The molecule has 2 rings (SSSR count). The minimum atomic E-state index is -0.956. The van der Waals surface area contributed by atoms with Crippen LogP contribution in [0.1, 0.15) is 29.6 Å². The quantitative estimate of drug-likeness (QED) is 0.593. The summed E-state index contributed by atoms with van der Waals surface area (Å²) in [4.78, 5) is 11.0. The number of aromatic carboxylic acids is 1. The standard InChI is InChI=1S/C16H21NO3/c18-16(19)14-8-4-5-9-15(14)20-11-10-17-12-13-6-2-1-3-7-13/h1-2,4-5,8-9,13,17H,3,6-7,10-12H2,(H,18,19). The molecule has 0 aliphatic heterocycles. The first-order chi connectivity index (χ1) is 9.77. The van der Waals surface area contributed by atoms with Gasteiger partial charge in [-0.15, -0.1) is 0 Å². The smallest absolute Gasteiger partial charge is 0.339 e. The summed E-state index contributed by atoms with van der Waals surface area (Å²) in [7, 11) is 0.